The lowest BCUT2D eigenvalue weighted by molar-refractivity contribution is -0.137. The fourth-order valence-corrected chi connectivity index (χ4v) is 4.16. The summed E-state index contributed by atoms with van der Waals surface area (Å²) in [4.78, 5) is 2.77. The number of hydrogen-bond acceptors (Lipinski definition) is 4. The minimum Gasteiger partial charge on any atom is -0.367 e. The summed E-state index contributed by atoms with van der Waals surface area (Å²) in [7, 11) is -2.78. The highest BCUT2D eigenvalue weighted by molar-refractivity contribution is 7.92. The molecular formula is C18H18F5N3O2S. The van der Waals surface area contributed by atoms with Gasteiger partial charge in [-0.05, 0) is 43.4 Å². The van der Waals surface area contributed by atoms with Gasteiger partial charge in [-0.1, -0.05) is 0 Å². The first-order valence-electron chi connectivity index (χ1n) is 8.60. The Morgan fingerprint density at radius 1 is 0.966 bits per heavy atom. The molecule has 3 rings (SSSR count). The van der Waals surface area contributed by atoms with E-state index in [1.165, 1.54) is 6.07 Å². The van der Waals surface area contributed by atoms with E-state index in [-0.39, 0.29) is 11.4 Å². The molecule has 158 valence electrons. The van der Waals surface area contributed by atoms with E-state index in [1.807, 2.05) is 16.7 Å². The van der Waals surface area contributed by atoms with Gasteiger partial charge in [-0.25, -0.2) is 17.2 Å². The number of alkyl halides is 3. The van der Waals surface area contributed by atoms with E-state index >= 15 is 0 Å². The molecular weight excluding hydrogens is 417 g/mol. The average molecular weight is 435 g/mol. The van der Waals surface area contributed by atoms with Crippen molar-refractivity contribution in [3.8, 4) is 0 Å². The predicted molar refractivity (Wildman–Crippen MR) is 98.3 cm³/mol. The van der Waals surface area contributed by atoms with E-state index in [9.17, 15) is 30.4 Å². The number of benzene rings is 2. The molecule has 1 fully saturated rings. The van der Waals surface area contributed by atoms with E-state index in [0.29, 0.717) is 44.4 Å². The normalized spacial score (nSPS) is 16.1. The molecule has 11 heteroatoms. The Morgan fingerprint density at radius 2 is 1.62 bits per heavy atom. The molecule has 0 amide bonds. The highest BCUT2D eigenvalue weighted by Crippen LogP contribution is 2.37. The molecule has 0 radical (unpaired) electrons. The van der Waals surface area contributed by atoms with Gasteiger partial charge in [0.05, 0.1) is 16.9 Å². The van der Waals surface area contributed by atoms with Gasteiger partial charge in [0.15, 0.2) is 0 Å². The zero-order chi connectivity index (χ0) is 21.4. The molecule has 1 N–H and O–H groups in total. The van der Waals surface area contributed by atoms with E-state index < -0.39 is 38.3 Å². The zero-order valence-electron chi connectivity index (χ0n) is 15.3. The number of rotatable bonds is 4. The summed E-state index contributed by atoms with van der Waals surface area (Å²) in [6, 6.07) is 4.54. The lowest BCUT2D eigenvalue weighted by Gasteiger charge is -2.35. The summed E-state index contributed by atoms with van der Waals surface area (Å²) in [5.41, 5.74) is -1.19. The fourth-order valence-electron chi connectivity index (χ4n) is 3.00. The molecule has 2 aromatic carbocycles. The molecule has 0 atom stereocenters. The second-order valence-corrected chi connectivity index (χ2v) is 8.35. The number of halogens is 5. The Balaban J connectivity index is 2.04. The van der Waals surface area contributed by atoms with Crippen LogP contribution in [0.2, 0.25) is 0 Å². The lowest BCUT2D eigenvalue weighted by Crippen LogP contribution is -2.44. The summed E-state index contributed by atoms with van der Waals surface area (Å²) in [5.74, 6) is -2.21. The third-order valence-corrected chi connectivity index (χ3v) is 5.98. The monoisotopic (exact) mass is 435 g/mol. The lowest BCUT2D eigenvalue weighted by atomic mass is 10.1. The molecule has 5 nitrogen and oxygen atoms in total. The molecule has 0 aliphatic carbocycles. The number of anilines is 2. The Labute approximate surface area is 164 Å². The zero-order valence-corrected chi connectivity index (χ0v) is 16.1. The number of likely N-dealkylation sites (N-methyl/N-ethyl adjacent to an activating group) is 1. The van der Waals surface area contributed by atoms with Crippen molar-refractivity contribution in [2.45, 2.75) is 11.1 Å². The molecule has 2 aromatic rings. The maximum Gasteiger partial charge on any atom is 0.416 e. The van der Waals surface area contributed by atoms with Crippen molar-refractivity contribution in [1.29, 1.82) is 0 Å². The van der Waals surface area contributed by atoms with Gasteiger partial charge in [0.2, 0.25) is 0 Å². The first-order valence-corrected chi connectivity index (χ1v) is 10.1. The van der Waals surface area contributed by atoms with Gasteiger partial charge >= 0.3 is 6.18 Å². The second-order valence-electron chi connectivity index (χ2n) is 6.70. The van der Waals surface area contributed by atoms with Crippen LogP contribution >= 0.6 is 0 Å². The van der Waals surface area contributed by atoms with Crippen LogP contribution in [0.5, 0.6) is 0 Å². The van der Waals surface area contributed by atoms with Gasteiger partial charge in [0.25, 0.3) is 10.0 Å². The molecule has 0 aromatic heterocycles. The van der Waals surface area contributed by atoms with Crippen LogP contribution < -0.4 is 9.62 Å². The van der Waals surface area contributed by atoms with Gasteiger partial charge in [0.1, 0.15) is 16.5 Å². The quantitative estimate of drug-likeness (QED) is 0.747. The maximum absolute atomic E-state index is 14.0. The minimum absolute atomic E-state index is 0.228. The largest absolute Gasteiger partial charge is 0.416 e. The third kappa shape index (κ3) is 4.78. The Bertz CT molecular complexity index is 1000. The second kappa shape index (κ2) is 7.79. The van der Waals surface area contributed by atoms with Crippen LogP contribution in [-0.2, 0) is 16.2 Å². The van der Waals surface area contributed by atoms with E-state index in [4.69, 9.17) is 0 Å². The van der Waals surface area contributed by atoms with Gasteiger partial charge in [-0.3, -0.25) is 4.72 Å². The van der Waals surface area contributed by atoms with Crippen LogP contribution in [0.1, 0.15) is 5.56 Å². The first kappa shape index (κ1) is 21.3. The first-order chi connectivity index (χ1) is 13.5. The standard InChI is InChI=1S/C18H18F5N3O2S/c1-25-6-8-26(9-7-25)16-5-2-12(18(21,22)23)10-15(16)24-29(27,28)17-11-13(19)3-4-14(17)20/h2-5,10-11,24H,6-9H2,1H3. The van der Waals surface area contributed by atoms with Crippen LogP contribution in [0.4, 0.5) is 33.3 Å². The van der Waals surface area contributed by atoms with Crippen molar-refractivity contribution >= 4 is 21.4 Å². The van der Waals surface area contributed by atoms with Crippen LogP contribution in [-0.4, -0.2) is 46.5 Å². The fraction of sp³-hybridized carbons (Fsp3) is 0.333. The molecule has 0 spiro atoms. The Kier molecular flexibility index (Phi) is 5.72. The van der Waals surface area contributed by atoms with Gasteiger partial charge in [-0.2, -0.15) is 13.2 Å². The molecule has 29 heavy (non-hydrogen) atoms. The molecule has 0 saturated carbocycles. The highest BCUT2D eigenvalue weighted by atomic mass is 32.2. The summed E-state index contributed by atoms with van der Waals surface area (Å²) in [6.45, 7) is 2.19. The van der Waals surface area contributed by atoms with Gasteiger partial charge in [-0.15, -0.1) is 0 Å². The van der Waals surface area contributed by atoms with Crippen LogP contribution in [0, 0.1) is 11.6 Å². The average Bonchev–Trinajstić information content (AvgIpc) is 2.63. The summed E-state index contributed by atoms with van der Waals surface area (Å²) < 4.78 is 94.0. The molecule has 1 aliphatic heterocycles. The highest BCUT2D eigenvalue weighted by Gasteiger charge is 2.33. The molecule has 0 bridgehead atoms. The van der Waals surface area contributed by atoms with Crippen molar-refractivity contribution in [2.75, 3.05) is 42.8 Å². The van der Waals surface area contributed by atoms with Crippen LogP contribution in [0.3, 0.4) is 0 Å². The van der Waals surface area contributed by atoms with Crippen molar-refractivity contribution in [3.63, 3.8) is 0 Å². The van der Waals surface area contributed by atoms with E-state index in [0.717, 1.165) is 12.1 Å². The summed E-state index contributed by atoms with van der Waals surface area (Å²) in [6.07, 6.45) is -4.70. The predicted octanol–water partition coefficient (Wildman–Crippen LogP) is 3.54. The molecule has 1 heterocycles. The summed E-state index contributed by atoms with van der Waals surface area (Å²) in [5, 5.41) is 0. The van der Waals surface area contributed by atoms with E-state index in [1.54, 1.807) is 4.90 Å². The topological polar surface area (TPSA) is 52.6 Å². The molecule has 1 aliphatic rings. The molecule has 1 saturated heterocycles. The SMILES string of the molecule is CN1CCN(c2ccc(C(F)(F)F)cc2NS(=O)(=O)c2cc(F)ccc2F)CC1. The van der Waals surface area contributed by atoms with Gasteiger partial charge in [0, 0.05) is 26.2 Å². The van der Waals surface area contributed by atoms with Crippen LogP contribution in [0.15, 0.2) is 41.3 Å². The Morgan fingerprint density at radius 3 is 2.24 bits per heavy atom. The third-order valence-electron chi connectivity index (χ3n) is 4.59. The maximum atomic E-state index is 14.0. The van der Waals surface area contributed by atoms with Crippen molar-refractivity contribution in [1.82, 2.24) is 4.90 Å². The number of hydrogen-bond donors (Lipinski definition) is 1. The Hall–Kier alpha value is -2.40. The number of nitrogens with zero attached hydrogens (tertiary/aromatic N) is 2. The molecule has 0 unspecified atom stereocenters. The van der Waals surface area contributed by atoms with Crippen molar-refractivity contribution in [2.24, 2.45) is 0 Å². The minimum atomic E-state index is -4.70. The van der Waals surface area contributed by atoms with E-state index in [2.05, 4.69) is 0 Å². The van der Waals surface area contributed by atoms with Crippen molar-refractivity contribution < 1.29 is 30.4 Å². The summed E-state index contributed by atoms with van der Waals surface area (Å²) >= 11 is 0. The van der Waals surface area contributed by atoms with Crippen LogP contribution in [0.25, 0.3) is 0 Å². The van der Waals surface area contributed by atoms with Crippen molar-refractivity contribution in [3.05, 3.63) is 53.6 Å². The smallest absolute Gasteiger partial charge is 0.367 e. The number of piperazine rings is 1. The number of sulfonamides is 1. The van der Waals surface area contributed by atoms with Gasteiger partial charge < -0.3 is 9.80 Å². The number of nitrogens with one attached hydrogen (secondary N) is 1.